The van der Waals surface area contributed by atoms with Gasteiger partial charge in [-0.3, -0.25) is 0 Å². The van der Waals surface area contributed by atoms with Gasteiger partial charge in [0.05, 0.1) is 18.5 Å². The second kappa shape index (κ2) is 5.10. The van der Waals surface area contributed by atoms with Gasteiger partial charge in [0.2, 0.25) is 0 Å². The molecule has 0 atom stereocenters. The molecular weight excluding hydrogens is 200 g/mol. The Morgan fingerprint density at radius 3 is 2.62 bits per heavy atom. The molecule has 0 aliphatic heterocycles. The lowest BCUT2D eigenvalue weighted by Gasteiger charge is -2.28. The molecule has 0 fully saturated rings. The normalized spacial score (nSPS) is 11.2. The molecule has 1 rings (SSSR count). The largest absolute Gasteiger partial charge is 0.495 e. The molecule has 1 aromatic rings. The van der Waals surface area contributed by atoms with E-state index < -0.39 is 0 Å². The van der Waals surface area contributed by atoms with Crippen LogP contribution < -0.4 is 15.8 Å². The first-order valence-electron chi connectivity index (χ1n) is 5.71. The van der Waals surface area contributed by atoms with Gasteiger partial charge in [-0.15, -0.1) is 0 Å². The Balaban J connectivity index is 2.89. The molecule has 0 bridgehead atoms. The molecule has 0 aliphatic rings. The summed E-state index contributed by atoms with van der Waals surface area (Å²) < 4.78 is 5.20. The summed E-state index contributed by atoms with van der Waals surface area (Å²) >= 11 is 0. The van der Waals surface area contributed by atoms with Crippen molar-refractivity contribution < 1.29 is 4.74 Å². The zero-order chi connectivity index (χ0) is 12.2. The lowest BCUT2D eigenvalue weighted by molar-refractivity contribution is 0.417. The van der Waals surface area contributed by atoms with Crippen LogP contribution in [-0.2, 0) is 0 Å². The third-order valence-corrected chi connectivity index (χ3v) is 2.63. The highest BCUT2D eigenvalue weighted by atomic mass is 16.5. The van der Waals surface area contributed by atoms with E-state index >= 15 is 0 Å². The fourth-order valence-corrected chi connectivity index (χ4v) is 1.88. The van der Waals surface area contributed by atoms with Crippen molar-refractivity contribution in [2.45, 2.75) is 39.2 Å². The van der Waals surface area contributed by atoms with Crippen LogP contribution >= 0.6 is 0 Å². The van der Waals surface area contributed by atoms with Gasteiger partial charge in [0, 0.05) is 5.54 Å². The maximum Gasteiger partial charge on any atom is 0.143 e. The van der Waals surface area contributed by atoms with Crippen molar-refractivity contribution in [3.8, 4) is 5.75 Å². The maximum atomic E-state index is 6.01. The van der Waals surface area contributed by atoms with E-state index in [1.165, 1.54) is 0 Å². The number of nitrogens with one attached hydrogen (secondary N) is 1. The zero-order valence-electron chi connectivity index (χ0n) is 10.6. The van der Waals surface area contributed by atoms with Crippen molar-refractivity contribution in [1.82, 2.24) is 0 Å². The van der Waals surface area contributed by atoms with Gasteiger partial charge < -0.3 is 15.8 Å². The van der Waals surface area contributed by atoms with Gasteiger partial charge in [0.15, 0.2) is 0 Å². The Morgan fingerprint density at radius 1 is 1.38 bits per heavy atom. The number of hydrogen-bond donors (Lipinski definition) is 2. The molecule has 3 nitrogen and oxygen atoms in total. The number of anilines is 2. The summed E-state index contributed by atoms with van der Waals surface area (Å²) in [6, 6.07) is 5.79. The highest BCUT2D eigenvalue weighted by Gasteiger charge is 2.17. The van der Waals surface area contributed by atoms with E-state index in [0.717, 1.165) is 24.3 Å². The number of nitrogens with two attached hydrogens (primary N) is 1. The Bertz CT molecular complexity index is 348. The van der Waals surface area contributed by atoms with Gasteiger partial charge in [-0.2, -0.15) is 0 Å². The van der Waals surface area contributed by atoms with Crippen LogP contribution in [0.3, 0.4) is 0 Å². The molecule has 0 radical (unpaired) electrons. The van der Waals surface area contributed by atoms with Gasteiger partial charge in [-0.1, -0.05) is 19.4 Å². The van der Waals surface area contributed by atoms with Gasteiger partial charge in [0.25, 0.3) is 0 Å². The molecule has 0 aliphatic carbocycles. The average molecular weight is 222 g/mol. The molecule has 0 aromatic heterocycles. The summed E-state index contributed by atoms with van der Waals surface area (Å²) in [5, 5.41) is 3.46. The molecule has 0 unspecified atom stereocenters. The number of ether oxygens (including phenoxy) is 1. The first kappa shape index (κ1) is 12.7. The topological polar surface area (TPSA) is 47.3 Å². The summed E-state index contributed by atoms with van der Waals surface area (Å²) in [7, 11) is 1.63. The zero-order valence-corrected chi connectivity index (χ0v) is 10.6. The van der Waals surface area contributed by atoms with Crippen LogP contribution in [-0.4, -0.2) is 12.6 Å². The minimum absolute atomic E-state index is 0.0508. The predicted molar refractivity (Wildman–Crippen MR) is 70.0 cm³/mol. The van der Waals surface area contributed by atoms with Crippen LogP contribution in [0.1, 0.15) is 33.6 Å². The van der Waals surface area contributed by atoms with Crippen molar-refractivity contribution >= 4 is 11.4 Å². The second-order valence-corrected chi connectivity index (χ2v) is 4.68. The van der Waals surface area contributed by atoms with E-state index in [0.29, 0.717) is 5.69 Å². The number of benzene rings is 1. The third-order valence-electron chi connectivity index (χ3n) is 2.63. The predicted octanol–water partition coefficient (Wildman–Crippen LogP) is 3.27. The Hall–Kier alpha value is -1.38. The number of hydrogen-bond acceptors (Lipinski definition) is 3. The van der Waals surface area contributed by atoms with Crippen molar-refractivity contribution in [3.05, 3.63) is 18.2 Å². The first-order chi connectivity index (χ1) is 7.50. The van der Waals surface area contributed by atoms with Gasteiger partial charge in [-0.25, -0.2) is 0 Å². The first-order valence-corrected chi connectivity index (χ1v) is 5.71. The van der Waals surface area contributed by atoms with E-state index in [2.05, 4.69) is 26.1 Å². The lowest BCUT2D eigenvalue weighted by Crippen LogP contribution is -2.30. The fraction of sp³-hybridized carbons (Fsp3) is 0.538. The molecule has 3 N–H and O–H groups in total. The molecule has 16 heavy (non-hydrogen) atoms. The van der Waals surface area contributed by atoms with E-state index in [1.54, 1.807) is 7.11 Å². The summed E-state index contributed by atoms with van der Waals surface area (Å²) in [5.41, 5.74) is 7.68. The molecule has 0 amide bonds. The quantitative estimate of drug-likeness (QED) is 0.752. The number of para-hydroxylation sites is 1. The molecule has 3 heteroatoms. The summed E-state index contributed by atoms with van der Waals surface area (Å²) in [6.07, 6.45) is 2.24. The molecule has 0 spiro atoms. The minimum atomic E-state index is 0.0508. The summed E-state index contributed by atoms with van der Waals surface area (Å²) in [5.74, 6) is 0.720. The fourth-order valence-electron chi connectivity index (χ4n) is 1.88. The third kappa shape index (κ3) is 3.05. The van der Waals surface area contributed by atoms with Crippen LogP contribution in [0.5, 0.6) is 5.75 Å². The molecule has 0 saturated heterocycles. The van der Waals surface area contributed by atoms with Gasteiger partial charge >= 0.3 is 0 Å². The number of methoxy groups -OCH3 is 1. The van der Waals surface area contributed by atoms with Crippen molar-refractivity contribution in [2.75, 3.05) is 18.2 Å². The summed E-state index contributed by atoms with van der Waals surface area (Å²) in [6.45, 7) is 6.53. The highest BCUT2D eigenvalue weighted by molar-refractivity contribution is 5.73. The Morgan fingerprint density at radius 2 is 2.06 bits per heavy atom. The number of nitrogen functional groups attached to an aromatic ring is 1. The second-order valence-electron chi connectivity index (χ2n) is 4.68. The van der Waals surface area contributed by atoms with E-state index in [4.69, 9.17) is 10.5 Å². The molecular formula is C13H22N2O. The van der Waals surface area contributed by atoms with Crippen molar-refractivity contribution in [2.24, 2.45) is 0 Å². The SMILES string of the molecule is CCCC(C)(C)Nc1cccc(OC)c1N. The molecule has 0 heterocycles. The van der Waals surface area contributed by atoms with Crippen LogP contribution in [0.4, 0.5) is 11.4 Å². The van der Waals surface area contributed by atoms with Crippen molar-refractivity contribution in [1.29, 1.82) is 0 Å². The van der Waals surface area contributed by atoms with E-state index in [-0.39, 0.29) is 5.54 Å². The molecule has 1 aromatic carbocycles. The highest BCUT2D eigenvalue weighted by Crippen LogP contribution is 2.31. The molecule has 90 valence electrons. The monoisotopic (exact) mass is 222 g/mol. The minimum Gasteiger partial charge on any atom is -0.495 e. The lowest BCUT2D eigenvalue weighted by atomic mass is 9.98. The van der Waals surface area contributed by atoms with E-state index in [9.17, 15) is 0 Å². The Labute approximate surface area is 98.0 Å². The standard InChI is InChI=1S/C13H22N2O/c1-5-9-13(2,3)15-10-7-6-8-11(16-4)12(10)14/h6-8,15H,5,9,14H2,1-4H3. The van der Waals surface area contributed by atoms with Crippen LogP contribution in [0, 0.1) is 0 Å². The van der Waals surface area contributed by atoms with Crippen LogP contribution in [0.2, 0.25) is 0 Å². The summed E-state index contributed by atoms with van der Waals surface area (Å²) in [4.78, 5) is 0. The van der Waals surface area contributed by atoms with Crippen LogP contribution in [0.15, 0.2) is 18.2 Å². The van der Waals surface area contributed by atoms with Gasteiger partial charge in [0.1, 0.15) is 5.75 Å². The maximum absolute atomic E-state index is 6.01. The number of rotatable bonds is 5. The average Bonchev–Trinajstić information content (AvgIpc) is 2.21. The smallest absolute Gasteiger partial charge is 0.143 e. The van der Waals surface area contributed by atoms with Gasteiger partial charge in [-0.05, 0) is 32.4 Å². The van der Waals surface area contributed by atoms with Crippen LogP contribution in [0.25, 0.3) is 0 Å². The van der Waals surface area contributed by atoms with E-state index in [1.807, 2.05) is 18.2 Å². The van der Waals surface area contributed by atoms with Crippen molar-refractivity contribution in [3.63, 3.8) is 0 Å². The Kier molecular flexibility index (Phi) is 4.05. The molecule has 0 saturated carbocycles.